The second kappa shape index (κ2) is 12.8. The van der Waals surface area contributed by atoms with Gasteiger partial charge in [0.05, 0.1) is 16.7 Å². The summed E-state index contributed by atoms with van der Waals surface area (Å²) in [7, 11) is 0. The molecule has 0 amide bonds. The largest absolute Gasteiger partial charge is 0.311 e. The average Bonchev–Trinajstić information content (AvgIpc) is 3.53. The number of rotatable bonds is 7. The first-order chi connectivity index (χ1) is 24.8. The molecule has 0 N–H and O–H groups in total. The van der Waals surface area contributed by atoms with Crippen LogP contribution in [0.25, 0.3) is 60.9 Å². The van der Waals surface area contributed by atoms with Gasteiger partial charge in [-0.15, -0.1) is 0 Å². The van der Waals surface area contributed by atoms with E-state index in [4.69, 9.17) is 0 Å². The van der Waals surface area contributed by atoms with Crippen LogP contribution in [0.3, 0.4) is 0 Å². The summed E-state index contributed by atoms with van der Waals surface area (Å²) in [5.74, 6) is 0. The molecule has 2 heteroatoms. The Hall–Kier alpha value is -6.64. The maximum atomic E-state index is 2.44. The lowest BCUT2D eigenvalue weighted by atomic mass is 10.0. The minimum atomic E-state index is 1.11. The molecule has 0 aliphatic heterocycles. The van der Waals surface area contributed by atoms with E-state index in [1.165, 1.54) is 55.2 Å². The molecule has 9 rings (SSSR count). The molecule has 1 heterocycles. The van der Waals surface area contributed by atoms with Crippen molar-refractivity contribution in [1.82, 2.24) is 4.57 Å². The third-order valence-electron chi connectivity index (χ3n) is 9.59. The molecule has 0 saturated heterocycles. The van der Waals surface area contributed by atoms with E-state index in [2.05, 4.69) is 216 Å². The summed E-state index contributed by atoms with van der Waals surface area (Å²) in [6.07, 6.45) is 0. The fourth-order valence-corrected chi connectivity index (χ4v) is 7.21. The minimum Gasteiger partial charge on any atom is -0.311 e. The maximum absolute atomic E-state index is 2.44. The summed E-state index contributed by atoms with van der Waals surface area (Å²) in [5, 5.41) is 2.48. The fourth-order valence-electron chi connectivity index (χ4n) is 7.21. The summed E-state index contributed by atoms with van der Waals surface area (Å²) < 4.78 is 2.44. The second-order valence-corrected chi connectivity index (χ2v) is 12.6. The summed E-state index contributed by atoms with van der Waals surface area (Å²) in [5.41, 5.74) is 14.1. The number of aromatic nitrogens is 1. The summed E-state index contributed by atoms with van der Waals surface area (Å²) >= 11 is 0. The highest BCUT2D eigenvalue weighted by atomic mass is 15.1. The van der Waals surface area contributed by atoms with Gasteiger partial charge >= 0.3 is 0 Å². The highest BCUT2D eigenvalue weighted by Gasteiger charge is 2.18. The molecule has 0 unspecified atom stereocenters. The first-order valence-electron chi connectivity index (χ1n) is 17.1. The molecule has 0 aliphatic carbocycles. The molecule has 50 heavy (non-hydrogen) atoms. The highest BCUT2D eigenvalue weighted by Crippen LogP contribution is 2.41. The Morgan fingerprint density at radius 1 is 0.300 bits per heavy atom. The van der Waals surface area contributed by atoms with E-state index in [1.807, 2.05) is 0 Å². The van der Waals surface area contributed by atoms with Crippen molar-refractivity contribution >= 4 is 38.9 Å². The van der Waals surface area contributed by atoms with Gasteiger partial charge in [-0.1, -0.05) is 140 Å². The molecular weight excluding hydrogens is 605 g/mol. The van der Waals surface area contributed by atoms with Crippen molar-refractivity contribution in [3.63, 3.8) is 0 Å². The van der Waals surface area contributed by atoms with Crippen LogP contribution >= 0.6 is 0 Å². The number of benzene rings is 8. The number of nitrogens with zero attached hydrogens (tertiary/aromatic N) is 2. The van der Waals surface area contributed by atoms with E-state index in [0.29, 0.717) is 0 Å². The zero-order valence-corrected chi connectivity index (χ0v) is 27.5. The third kappa shape index (κ3) is 5.34. The van der Waals surface area contributed by atoms with Crippen molar-refractivity contribution in [3.05, 3.63) is 206 Å². The van der Waals surface area contributed by atoms with Crippen LogP contribution in [0.4, 0.5) is 17.1 Å². The molecule has 0 fully saturated rings. The van der Waals surface area contributed by atoms with Gasteiger partial charge in [0.1, 0.15) is 0 Å². The standard InChI is InChI=1S/C48H34N2/c1-5-15-35(16-6-1)38-27-31-47-44(33-38)45-34-39(36-17-7-2-8-18-36)28-32-48(45)50(47)46-24-14-13-23-43(46)37-25-29-42(30-26-37)49(40-19-9-3-10-20-40)41-21-11-4-12-22-41/h1-34H. The van der Waals surface area contributed by atoms with E-state index >= 15 is 0 Å². The van der Waals surface area contributed by atoms with Crippen LogP contribution in [0.15, 0.2) is 206 Å². The molecule has 0 aliphatic rings. The maximum Gasteiger partial charge on any atom is 0.0541 e. The molecule has 0 spiro atoms. The zero-order valence-electron chi connectivity index (χ0n) is 27.5. The van der Waals surface area contributed by atoms with E-state index < -0.39 is 0 Å². The minimum absolute atomic E-state index is 1.11. The first kappa shape index (κ1) is 29.5. The topological polar surface area (TPSA) is 8.17 Å². The van der Waals surface area contributed by atoms with Crippen LogP contribution in [0, 0.1) is 0 Å². The third-order valence-corrected chi connectivity index (χ3v) is 9.59. The Kier molecular flexibility index (Phi) is 7.53. The van der Waals surface area contributed by atoms with E-state index in [0.717, 1.165) is 22.7 Å². The van der Waals surface area contributed by atoms with Gasteiger partial charge in [0, 0.05) is 33.4 Å². The van der Waals surface area contributed by atoms with Gasteiger partial charge in [-0.05, 0) is 94.5 Å². The Labute approximate surface area is 292 Å². The molecular formula is C48H34N2. The van der Waals surface area contributed by atoms with Crippen molar-refractivity contribution in [2.75, 3.05) is 4.90 Å². The zero-order chi connectivity index (χ0) is 33.3. The molecule has 236 valence electrons. The lowest BCUT2D eigenvalue weighted by molar-refractivity contribution is 1.18. The van der Waals surface area contributed by atoms with Crippen LogP contribution in [0.5, 0.6) is 0 Å². The van der Waals surface area contributed by atoms with Gasteiger partial charge in [0.15, 0.2) is 0 Å². The van der Waals surface area contributed by atoms with E-state index in [9.17, 15) is 0 Å². The van der Waals surface area contributed by atoms with E-state index in [1.54, 1.807) is 0 Å². The van der Waals surface area contributed by atoms with Crippen molar-refractivity contribution in [3.8, 4) is 39.1 Å². The van der Waals surface area contributed by atoms with Gasteiger partial charge in [-0.2, -0.15) is 0 Å². The number of anilines is 3. The number of hydrogen-bond acceptors (Lipinski definition) is 1. The average molecular weight is 639 g/mol. The number of hydrogen-bond donors (Lipinski definition) is 0. The summed E-state index contributed by atoms with van der Waals surface area (Å²) in [6.45, 7) is 0. The van der Waals surface area contributed by atoms with Crippen LogP contribution in [0.2, 0.25) is 0 Å². The molecule has 1 aromatic heterocycles. The predicted molar refractivity (Wildman–Crippen MR) is 212 cm³/mol. The lowest BCUT2D eigenvalue weighted by Crippen LogP contribution is -2.09. The molecule has 9 aromatic rings. The van der Waals surface area contributed by atoms with Gasteiger partial charge in [0.2, 0.25) is 0 Å². The Balaban J connectivity index is 1.20. The van der Waals surface area contributed by atoms with Gasteiger partial charge in [-0.3, -0.25) is 0 Å². The van der Waals surface area contributed by atoms with Crippen molar-refractivity contribution in [2.45, 2.75) is 0 Å². The van der Waals surface area contributed by atoms with Crippen LogP contribution in [0.1, 0.15) is 0 Å². The van der Waals surface area contributed by atoms with Crippen molar-refractivity contribution in [2.24, 2.45) is 0 Å². The van der Waals surface area contributed by atoms with Crippen molar-refractivity contribution < 1.29 is 0 Å². The molecule has 8 aromatic carbocycles. The smallest absolute Gasteiger partial charge is 0.0541 e. The van der Waals surface area contributed by atoms with Gasteiger partial charge < -0.3 is 9.47 Å². The SMILES string of the molecule is c1ccc(-c2ccc3c(c2)c2cc(-c4ccccc4)ccc2n3-c2ccccc2-c2ccc(N(c3ccccc3)c3ccccc3)cc2)cc1. The first-order valence-corrected chi connectivity index (χ1v) is 17.1. The molecule has 0 saturated carbocycles. The van der Waals surface area contributed by atoms with Crippen molar-refractivity contribution in [1.29, 1.82) is 0 Å². The Morgan fingerprint density at radius 2 is 0.700 bits per heavy atom. The second-order valence-electron chi connectivity index (χ2n) is 12.6. The fraction of sp³-hybridized carbons (Fsp3) is 0. The van der Waals surface area contributed by atoms with E-state index in [-0.39, 0.29) is 0 Å². The van der Waals surface area contributed by atoms with Gasteiger partial charge in [-0.25, -0.2) is 0 Å². The van der Waals surface area contributed by atoms with Gasteiger partial charge in [0.25, 0.3) is 0 Å². The Bertz CT molecular complexity index is 2420. The quantitative estimate of drug-likeness (QED) is 0.169. The number of fused-ring (bicyclic) bond motifs is 3. The molecule has 0 atom stereocenters. The van der Waals surface area contributed by atoms with Crippen LogP contribution in [-0.2, 0) is 0 Å². The summed E-state index contributed by atoms with van der Waals surface area (Å²) in [6, 6.07) is 74.0. The molecule has 2 nitrogen and oxygen atoms in total. The predicted octanol–water partition coefficient (Wildman–Crippen LogP) is 13.3. The summed E-state index contributed by atoms with van der Waals surface area (Å²) in [4.78, 5) is 2.30. The van der Waals surface area contributed by atoms with Crippen LogP contribution < -0.4 is 4.90 Å². The highest BCUT2D eigenvalue weighted by molar-refractivity contribution is 6.12. The normalized spacial score (nSPS) is 11.2. The molecule has 0 radical (unpaired) electrons. The monoisotopic (exact) mass is 638 g/mol. The Morgan fingerprint density at radius 3 is 1.20 bits per heavy atom. The molecule has 0 bridgehead atoms. The van der Waals surface area contributed by atoms with Crippen LogP contribution in [-0.4, -0.2) is 4.57 Å². The number of para-hydroxylation sites is 3. The lowest BCUT2D eigenvalue weighted by Gasteiger charge is -2.25.